The van der Waals surface area contributed by atoms with Gasteiger partial charge in [0.15, 0.2) is 5.11 Å². The number of nitro benzene ring substituents is 1. The lowest BCUT2D eigenvalue weighted by molar-refractivity contribution is -0.384. The smallest absolute Gasteiger partial charge is 0.269 e. The maximum Gasteiger partial charge on any atom is 0.269 e. The standard InChI is InChI=1S/C16H12N6O3S2/c23-13(10-6-8-12(9-7-10)22(24)25)18-15-20-21-16(27-15)19-14(26)17-11-4-2-1-3-5-11/h1-9H,(H,18,20,23)(H2,17,19,21,26). The zero-order chi connectivity index (χ0) is 19.2. The molecule has 1 heterocycles. The second-order valence-electron chi connectivity index (χ2n) is 5.12. The number of carbonyl (C=O) groups excluding carboxylic acids is 1. The van der Waals surface area contributed by atoms with Gasteiger partial charge in [0.2, 0.25) is 10.3 Å². The quantitative estimate of drug-likeness (QED) is 0.338. The maximum absolute atomic E-state index is 12.2. The van der Waals surface area contributed by atoms with Crippen molar-refractivity contribution >= 4 is 56.2 Å². The highest BCUT2D eigenvalue weighted by atomic mass is 32.1. The van der Waals surface area contributed by atoms with Crippen molar-refractivity contribution in [3.63, 3.8) is 0 Å². The second-order valence-corrected chi connectivity index (χ2v) is 6.50. The summed E-state index contributed by atoms with van der Waals surface area (Å²) in [4.78, 5) is 22.3. The van der Waals surface area contributed by atoms with Gasteiger partial charge >= 0.3 is 0 Å². The Bertz CT molecular complexity index is 975. The van der Waals surface area contributed by atoms with E-state index in [-0.39, 0.29) is 16.4 Å². The molecule has 0 aliphatic heterocycles. The normalized spacial score (nSPS) is 10.1. The first-order valence-electron chi connectivity index (χ1n) is 7.53. The number of benzene rings is 2. The Hall–Kier alpha value is -3.44. The number of aromatic nitrogens is 2. The molecular weight excluding hydrogens is 388 g/mol. The molecule has 0 atom stereocenters. The maximum atomic E-state index is 12.2. The third-order valence-corrected chi connectivity index (χ3v) is 4.20. The van der Waals surface area contributed by atoms with Crippen LogP contribution in [0.4, 0.5) is 21.6 Å². The topological polar surface area (TPSA) is 122 Å². The number of nitrogens with one attached hydrogen (secondary N) is 3. The van der Waals surface area contributed by atoms with Crippen molar-refractivity contribution in [2.45, 2.75) is 0 Å². The fourth-order valence-electron chi connectivity index (χ4n) is 2.01. The second kappa shape index (κ2) is 8.29. The van der Waals surface area contributed by atoms with Gasteiger partial charge in [-0.3, -0.25) is 20.2 Å². The van der Waals surface area contributed by atoms with Crippen LogP contribution in [0.25, 0.3) is 0 Å². The van der Waals surface area contributed by atoms with Gasteiger partial charge in [0.25, 0.3) is 11.6 Å². The van der Waals surface area contributed by atoms with Crippen LogP contribution in [0.3, 0.4) is 0 Å². The molecule has 0 aliphatic rings. The van der Waals surface area contributed by atoms with Crippen molar-refractivity contribution in [1.29, 1.82) is 0 Å². The summed E-state index contributed by atoms with van der Waals surface area (Å²) in [6.07, 6.45) is 0. The number of amides is 1. The number of thiocarbonyl (C=S) groups is 1. The van der Waals surface area contributed by atoms with Gasteiger partial charge in [0.1, 0.15) is 0 Å². The van der Waals surface area contributed by atoms with Crippen molar-refractivity contribution in [2.24, 2.45) is 0 Å². The van der Waals surface area contributed by atoms with Crippen molar-refractivity contribution in [1.82, 2.24) is 10.2 Å². The Morgan fingerprint density at radius 2 is 1.59 bits per heavy atom. The Balaban J connectivity index is 1.58. The van der Waals surface area contributed by atoms with E-state index in [2.05, 4.69) is 26.1 Å². The summed E-state index contributed by atoms with van der Waals surface area (Å²) in [7, 11) is 0. The molecule has 27 heavy (non-hydrogen) atoms. The van der Waals surface area contributed by atoms with Crippen molar-refractivity contribution in [3.8, 4) is 0 Å². The minimum Gasteiger partial charge on any atom is -0.332 e. The fraction of sp³-hybridized carbons (Fsp3) is 0. The third kappa shape index (κ3) is 5.03. The Morgan fingerprint density at radius 1 is 0.963 bits per heavy atom. The minimum atomic E-state index is -0.531. The number of hydrogen-bond donors (Lipinski definition) is 3. The number of carbonyl (C=O) groups is 1. The average molecular weight is 400 g/mol. The van der Waals surface area contributed by atoms with Gasteiger partial charge in [-0.2, -0.15) is 0 Å². The Kier molecular flexibility index (Phi) is 5.64. The van der Waals surface area contributed by atoms with Gasteiger partial charge in [0, 0.05) is 23.4 Å². The summed E-state index contributed by atoms with van der Waals surface area (Å²) in [5, 5.41) is 27.9. The van der Waals surface area contributed by atoms with Crippen LogP contribution in [0.2, 0.25) is 0 Å². The van der Waals surface area contributed by atoms with Gasteiger partial charge in [-0.15, -0.1) is 10.2 Å². The average Bonchev–Trinajstić information content (AvgIpc) is 3.09. The first-order valence-corrected chi connectivity index (χ1v) is 8.76. The van der Waals surface area contributed by atoms with Crippen LogP contribution in [0.5, 0.6) is 0 Å². The van der Waals surface area contributed by atoms with Gasteiger partial charge in [-0.05, 0) is 36.5 Å². The summed E-state index contributed by atoms with van der Waals surface area (Å²) in [5.74, 6) is -0.447. The highest BCUT2D eigenvalue weighted by Crippen LogP contribution is 2.21. The molecule has 3 rings (SSSR count). The lowest BCUT2D eigenvalue weighted by Gasteiger charge is -2.07. The molecular formula is C16H12N6O3S2. The van der Waals surface area contributed by atoms with Crippen molar-refractivity contribution < 1.29 is 9.72 Å². The molecule has 2 aromatic carbocycles. The highest BCUT2D eigenvalue weighted by molar-refractivity contribution is 7.80. The van der Waals surface area contributed by atoms with Crippen LogP contribution in [0.15, 0.2) is 54.6 Å². The molecule has 0 unspecified atom stereocenters. The van der Waals surface area contributed by atoms with Gasteiger partial charge in [-0.25, -0.2) is 0 Å². The molecule has 3 N–H and O–H groups in total. The molecule has 0 saturated heterocycles. The fourth-order valence-corrected chi connectivity index (χ4v) is 2.93. The summed E-state index contributed by atoms with van der Waals surface area (Å²) in [6.45, 7) is 0. The zero-order valence-corrected chi connectivity index (χ0v) is 15.2. The lowest BCUT2D eigenvalue weighted by Crippen LogP contribution is -2.18. The largest absolute Gasteiger partial charge is 0.332 e. The van der Waals surface area contributed by atoms with Gasteiger partial charge in [-0.1, -0.05) is 29.5 Å². The molecule has 1 aromatic heterocycles. The number of nitrogens with zero attached hydrogens (tertiary/aromatic N) is 3. The van der Waals surface area contributed by atoms with E-state index < -0.39 is 10.8 Å². The summed E-state index contributed by atoms with van der Waals surface area (Å²) in [6, 6.07) is 14.6. The molecule has 11 heteroatoms. The SMILES string of the molecule is O=C(Nc1nnc(NC(=S)Nc2ccccc2)s1)c1ccc([N+](=O)[O-])cc1. The number of nitro groups is 1. The van der Waals surface area contributed by atoms with E-state index in [4.69, 9.17) is 12.2 Å². The van der Waals surface area contributed by atoms with E-state index in [9.17, 15) is 14.9 Å². The van der Waals surface area contributed by atoms with E-state index in [1.165, 1.54) is 24.3 Å². The number of para-hydroxylation sites is 1. The molecule has 9 nitrogen and oxygen atoms in total. The summed E-state index contributed by atoms with van der Waals surface area (Å²) >= 11 is 6.30. The molecule has 0 saturated carbocycles. The van der Waals surface area contributed by atoms with Crippen LogP contribution >= 0.6 is 23.6 Å². The third-order valence-electron chi connectivity index (χ3n) is 3.24. The molecule has 136 valence electrons. The molecule has 3 aromatic rings. The van der Waals surface area contributed by atoms with E-state index in [1.807, 2.05) is 30.3 Å². The van der Waals surface area contributed by atoms with Crippen LogP contribution in [-0.4, -0.2) is 26.1 Å². The zero-order valence-electron chi connectivity index (χ0n) is 13.6. The molecule has 0 fully saturated rings. The first-order chi connectivity index (χ1) is 13.0. The molecule has 0 aliphatic carbocycles. The van der Waals surface area contributed by atoms with Crippen molar-refractivity contribution in [2.75, 3.05) is 16.0 Å². The van der Waals surface area contributed by atoms with E-state index in [1.54, 1.807) is 0 Å². The molecule has 0 bridgehead atoms. The number of anilines is 3. The predicted octanol–water partition coefficient (Wildman–Crippen LogP) is 3.51. The van der Waals surface area contributed by atoms with Crippen LogP contribution in [0, 0.1) is 10.1 Å². The number of rotatable bonds is 5. The van der Waals surface area contributed by atoms with Crippen LogP contribution in [-0.2, 0) is 0 Å². The number of non-ortho nitro benzene ring substituents is 1. The minimum absolute atomic E-state index is 0.0895. The monoisotopic (exact) mass is 400 g/mol. The van der Waals surface area contributed by atoms with Gasteiger partial charge in [0.05, 0.1) is 4.92 Å². The lowest BCUT2D eigenvalue weighted by atomic mass is 10.2. The number of hydrogen-bond acceptors (Lipinski definition) is 7. The summed E-state index contributed by atoms with van der Waals surface area (Å²) < 4.78 is 0. The summed E-state index contributed by atoms with van der Waals surface area (Å²) in [5.41, 5.74) is 1.01. The van der Waals surface area contributed by atoms with Crippen molar-refractivity contribution in [3.05, 3.63) is 70.3 Å². The highest BCUT2D eigenvalue weighted by Gasteiger charge is 2.13. The molecule has 0 spiro atoms. The van der Waals surface area contributed by atoms with E-state index in [0.29, 0.717) is 10.2 Å². The first kappa shape index (κ1) is 18.4. The molecule has 1 amide bonds. The Labute approximate surface area is 162 Å². The van der Waals surface area contributed by atoms with Crippen LogP contribution in [0.1, 0.15) is 10.4 Å². The van der Waals surface area contributed by atoms with Gasteiger partial charge < -0.3 is 10.6 Å². The predicted molar refractivity (Wildman–Crippen MR) is 107 cm³/mol. The van der Waals surface area contributed by atoms with E-state index in [0.717, 1.165) is 17.0 Å². The Morgan fingerprint density at radius 3 is 2.22 bits per heavy atom. The van der Waals surface area contributed by atoms with Crippen LogP contribution < -0.4 is 16.0 Å². The van der Waals surface area contributed by atoms with E-state index >= 15 is 0 Å². The molecule has 0 radical (unpaired) electrons.